The molecule has 0 aliphatic carbocycles. The first-order valence-corrected chi connectivity index (χ1v) is 9.17. The van der Waals surface area contributed by atoms with Crippen LogP contribution in [0.25, 0.3) is 0 Å². The molecule has 2 rings (SSSR count). The molecule has 0 radical (unpaired) electrons. The summed E-state index contributed by atoms with van der Waals surface area (Å²) in [4.78, 5) is 4.23. The standard InChI is InChI=1S/C13H24N4O3S/c1-5-11-8-17(21(4,18)19)7-6-12(11)14-9(2)13-15-10(3)16-20-13/h9,11-12,14H,5-8H2,1-4H3/t9-,11-,12-/m1/s1. The van der Waals surface area contributed by atoms with Gasteiger partial charge in [-0.1, -0.05) is 18.5 Å². The molecule has 0 aromatic carbocycles. The lowest BCUT2D eigenvalue weighted by molar-refractivity contribution is 0.185. The number of aromatic nitrogens is 2. The first-order chi connectivity index (χ1) is 9.81. The molecular formula is C13H24N4O3S. The van der Waals surface area contributed by atoms with Crippen molar-refractivity contribution in [2.24, 2.45) is 5.92 Å². The zero-order valence-electron chi connectivity index (χ0n) is 13.0. The highest BCUT2D eigenvalue weighted by Gasteiger charge is 2.33. The fraction of sp³-hybridized carbons (Fsp3) is 0.846. The predicted octanol–water partition coefficient (Wildman–Crippen LogP) is 1.09. The molecule has 0 amide bonds. The van der Waals surface area contributed by atoms with Gasteiger partial charge in [-0.3, -0.25) is 0 Å². The second kappa shape index (κ2) is 6.41. The molecular weight excluding hydrogens is 292 g/mol. The van der Waals surface area contributed by atoms with Crippen molar-refractivity contribution in [3.05, 3.63) is 11.7 Å². The molecule has 0 saturated carbocycles. The van der Waals surface area contributed by atoms with Gasteiger partial charge < -0.3 is 9.84 Å². The summed E-state index contributed by atoms with van der Waals surface area (Å²) in [7, 11) is -3.10. The topological polar surface area (TPSA) is 88.3 Å². The van der Waals surface area contributed by atoms with Gasteiger partial charge in [0.25, 0.3) is 0 Å². The van der Waals surface area contributed by atoms with Crippen LogP contribution in [0.15, 0.2) is 4.52 Å². The fourth-order valence-corrected chi connectivity index (χ4v) is 3.71. The Labute approximate surface area is 126 Å². The number of hydrogen-bond donors (Lipinski definition) is 1. The van der Waals surface area contributed by atoms with Crippen LogP contribution in [-0.4, -0.2) is 48.3 Å². The zero-order valence-corrected chi connectivity index (χ0v) is 13.9. The van der Waals surface area contributed by atoms with Gasteiger partial charge in [-0.25, -0.2) is 12.7 Å². The fourth-order valence-electron chi connectivity index (χ4n) is 2.81. The lowest BCUT2D eigenvalue weighted by Crippen LogP contribution is -2.51. The van der Waals surface area contributed by atoms with Crippen LogP contribution in [0, 0.1) is 12.8 Å². The maximum absolute atomic E-state index is 11.7. The van der Waals surface area contributed by atoms with Gasteiger partial charge in [-0.2, -0.15) is 4.98 Å². The van der Waals surface area contributed by atoms with Crippen molar-refractivity contribution in [3.63, 3.8) is 0 Å². The van der Waals surface area contributed by atoms with Crippen molar-refractivity contribution in [3.8, 4) is 0 Å². The van der Waals surface area contributed by atoms with Crippen molar-refractivity contribution < 1.29 is 12.9 Å². The van der Waals surface area contributed by atoms with Crippen LogP contribution in [-0.2, 0) is 10.0 Å². The minimum atomic E-state index is -3.10. The lowest BCUT2D eigenvalue weighted by atomic mass is 9.90. The van der Waals surface area contributed by atoms with E-state index >= 15 is 0 Å². The number of aryl methyl sites for hydroxylation is 1. The molecule has 2 heterocycles. The normalized spacial score (nSPS) is 25.9. The number of piperidine rings is 1. The molecule has 8 heteroatoms. The minimum Gasteiger partial charge on any atom is -0.338 e. The molecule has 0 unspecified atom stereocenters. The zero-order chi connectivity index (χ0) is 15.6. The quantitative estimate of drug-likeness (QED) is 0.875. The van der Waals surface area contributed by atoms with Gasteiger partial charge in [0, 0.05) is 19.1 Å². The van der Waals surface area contributed by atoms with Gasteiger partial charge in [-0.15, -0.1) is 0 Å². The van der Waals surface area contributed by atoms with Crippen molar-refractivity contribution >= 4 is 10.0 Å². The summed E-state index contributed by atoms with van der Waals surface area (Å²) < 4.78 is 30.1. The molecule has 1 saturated heterocycles. The summed E-state index contributed by atoms with van der Waals surface area (Å²) in [6.45, 7) is 7.00. The summed E-state index contributed by atoms with van der Waals surface area (Å²) in [5, 5.41) is 7.30. The van der Waals surface area contributed by atoms with Crippen LogP contribution in [0.1, 0.15) is 44.4 Å². The van der Waals surface area contributed by atoms with Crippen molar-refractivity contribution in [2.75, 3.05) is 19.3 Å². The summed E-state index contributed by atoms with van der Waals surface area (Å²) in [6.07, 6.45) is 3.00. The number of nitrogens with one attached hydrogen (secondary N) is 1. The van der Waals surface area contributed by atoms with E-state index in [1.54, 1.807) is 11.2 Å². The second-order valence-electron chi connectivity index (χ2n) is 5.75. The Balaban J connectivity index is 2.00. The van der Waals surface area contributed by atoms with E-state index in [4.69, 9.17) is 4.52 Å². The molecule has 120 valence electrons. The smallest absolute Gasteiger partial charge is 0.243 e. The monoisotopic (exact) mass is 316 g/mol. The maximum atomic E-state index is 11.7. The van der Waals surface area contributed by atoms with Crippen molar-refractivity contribution in [1.82, 2.24) is 19.8 Å². The van der Waals surface area contributed by atoms with Crippen LogP contribution in [0.2, 0.25) is 0 Å². The summed E-state index contributed by atoms with van der Waals surface area (Å²) in [6, 6.07) is 0.227. The van der Waals surface area contributed by atoms with Gasteiger partial charge in [0.05, 0.1) is 12.3 Å². The van der Waals surface area contributed by atoms with Gasteiger partial charge in [0.1, 0.15) is 0 Å². The van der Waals surface area contributed by atoms with Crippen LogP contribution in [0.5, 0.6) is 0 Å². The first-order valence-electron chi connectivity index (χ1n) is 7.32. The SMILES string of the molecule is CC[C@@H]1CN(S(C)(=O)=O)CC[C@H]1N[C@H](C)c1nc(C)no1. The number of hydrogen-bond acceptors (Lipinski definition) is 6. The molecule has 1 aromatic heterocycles. The highest BCUT2D eigenvalue weighted by atomic mass is 32.2. The van der Waals surface area contributed by atoms with Gasteiger partial charge in [-0.05, 0) is 26.2 Å². The van der Waals surface area contributed by atoms with E-state index in [9.17, 15) is 8.42 Å². The molecule has 1 fully saturated rings. The number of sulfonamides is 1. The number of nitrogens with zero attached hydrogens (tertiary/aromatic N) is 3. The third-order valence-corrected chi connectivity index (χ3v) is 5.34. The van der Waals surface area contributed by atoms with Gasteiger partial charge in [0.15, 0.2) is 5.82 Å². The molecule has 0 bridgehead atoms. The average Bonchev–Trinajstić information content (AvgIpc) is 2.84. The van der Waals surface area contributed by atoms with E-state index in [2.05, 4.69) is 22.4 Å². The average molecular weight is 316 g/mol. The van der Waals surface area contributed by atoms with Crippen LogP contribution >= 0.6 is 0 Å². The summed E-state index contributed by atoms with van der Waals surface area (Å²) >= 11 is 0. The Bertz CT molecular complexity index is 572. The third-order valence-electron chi connectivity index (χ3n) is 4.07. The molecule has 1 aromatic rings. The Morgan fingerprint density at radius 1 is 1.52 bits per heavy atom. The van der Waals surface area contributed by atoms with Gasteiger partial charge in [0.2, 0.25) is 15.9 Å². The van der Waals surface area contributed by atoms with Crippen molar-refractivity contribution in [2.45, 2.75) is 45.7 Å². The number of rotatable bonds is 5. The maximum Gasteiger partial charge on any atom is 0.243 e. The highest BCUT2D eigenvalue weighted by Crippen LogP contribution is 2.24. The largest absolute Gasteiger partial charge is 0.338 e. The van der Waals surface area contributed by atoms with E-state index in [1.165, 1.54) is 6.26 Å². The van der Waals surface area contributed by atoms with E-state index in [0.717, 1.165) is 12.8 Å². The van der Waals surface area contributed by atoms with Crippen LogP contribution in [0.4, 0.5) is 0 Å². The first kappa shape index (κ1) is 16.4. The van der Waals surface area contributed by atoms with Crippen LogP contribution < -0.4 is 5.32 Å². The summed E-state index contributed by atoms with van der Waals surface area (Å²) in [5.74, 6) is 1.49. The van der Waals surface area contributed by atoms with Crippen molar-refractivity contribution in [1.29, 1.82) is 0 Å². The van der Waals surface area contributed by atoms with Gasteiger partial charge >= 0.3 is 0 Å². The summed E-state index contributed by atoms with van der Waals surface area (Å²) in [5.41, 5.74) is 0. The third kappa shape index (κ3) is 4.02. The van der Waals surface area contributed by atoms with E-state index in [0.29, 0.717) is 30.7 Å². The molecule has 1 aliphatic rings. The molecule has 1 N–H and O–H groups in total. The molecule has 21 heavy (non-hydrogen) atoms. The molecule has 0 spiro atoms. The van der Waals surface area contributed by atoms with E-state index in [1.807, 2.05) is 6.92 Å². The predicted molar refractivity (Wildman–Crippen MR) is 79.2 cm³/mol. The Morgan fingerprint density at radius 2 is 2.24 bits per heavy atom. The minimum absolute atomic E-state index is 0.0324. The lowest BCUT2D eigenvalue weighted by Gasteiger charge is -2.38. The Kier molecular flexibility index (Phi) is 5.00. The molecule has 3 atom stereocenters. The van der Waals surface area contributed by atoms with Crippen LogP contribution in [0.3, 0.4) is 0 Å². The van der Waals surface area contributed by atoms with E-state index in [-0.39, 0.29) is 12.1 Å². The molecule has 7 nitrogen and oxygen atoms in total. The Hall–Kier alpha value is -0.990. The second-order valence-corrected chi connectivity index (χ2v) is 7.74. The molecule has 1 aliphatic heterocycles. The Morgan fingerprint density at radius 3 is 2.76 bits per heavy atom. The highest BCUT2D eigenvalue weighted by molar-refractivity contribution is 7.88. The van der Waals surface area contributed by atoms with E-state index < -0.39 is 10.0 Å².